The van der Waals surface area contributed by atoms with Gasteiger partial charge < -0.3 is 1.43 Å². The maximum absolute atomic E-state index is 0. The van der Waals surface area contributed by atoms with Crippen molar-refractivity contribution < 1.29 is 31.0 Å². The van der Waals surface area contributed by atoms with Gasteiger partial charge in [0.05, 0.1) is 0 Å². The van der Waals surface area contributed by atoms with Crippen LogP contribution in [-0.4, -0.2) is 0 Å². The van der Waals surface area contributed by atoms with Gasteiger partial charge in [0.25, 0.3) is 0 Å². The second-order valence-corrected chi connectivity index (χ2v) is 0. The van der Waals surface area contributed by atoms with Crippen molar-refractivity contribution >= 4 is 62.0 Å². The standard InChI is InChI=1S/5ClH.Na.H/h5*1H;;/q;;;;;+1;-1. The van der Waals surface area contributed by atoms with Crippen molar-refractivity contribution in [2.75, 3.05) is 0 Å². The molecule has 0 unspecified atom stereocenters. The summed E-state index contributed by atoms with van der Waals surface area (Å²) in [6.07, 6.45) is 0. The van der Waals surface area contributed by atoms with Gasteiger partial charge in [-0.25, -0.2) is 0 Å². The van der Waals surface area contributed by atoms with Crippen molar-refractivity contribution in [1.29, 1.82) is 0 Å². The summed E-state index contributed by atoms with van der Waals surface area (Å²) in [7, 11) is 0. The van der Waals surface area contributed by atoms with E-state index >= 15 is 0 Å². The van der Waals surface area contributed by atoms with Gasteiger partial charge in [-0.3, -0.25) is 0 Å². The van der Waals surface area contributed by atoms with Crippen molar-refractivity contribution in [2.45, 2.75) is 0 Å². The largest absolute Gasteiger partial charge is 1.00 e. The van der Waals surface area contributed by atoms with Crippen LogP contribution in [-0.2, 0) is 0 Å². The van der Waals surface area contributed by atoms with E-state index in [0.717, 1.165) is 0 Å². The van der Waals surface area contributed by atoms with Gasteiger partial charge in [-0.05, 0) is 0 Å². The summed E-state index contributed by atoms with van der Waals surface area (Å²) >= 11 is 0. The van der Waals surface area contributed by atoms with Gasteiger partial charge in [0.15, 0.2) is 0 Å². The molecule has 0 aromatic carbocycles. The van der Waals surface area contributed by atoms with E-state index in [9.17, 15) is 0 Å². The van der Waals surface area contributed by atoms with Gasteiger partial charge in [0.2, 0.25) is 0 Å². The molecule has 0 atom stereocenters. The third-order valence-corrected chi connectivity index (χ3v) is 0. The van der Waals surface area contributed by atoms with Crippen molar-refractivity contribution in [1.82, 2.24) is 0 Å². The molecule has 6 heteroatoms. The van der Waals surface area contributed by atoms with Crippen LogP contribution in [0.2, 0.25) is 0 Å². The fraction of sp³-hybridized carbons (Fsp3) is 0. The Morgan fingerprint density at radius 3 is 0.500 bits per heavy atom. The molecule has 0 amide bonds. The summed E-state index contributed by atoms with van der Waals surface area (Å²) < 4.78 is 0. The third kappa shape index (κ3) is 31.9. The first kappa shape index (κ1) is 78.1. The Bertz CT molecular complexity index is 8.04. The second-order valence-electron chi connectivity index (χ2n) is 0. The van der Waals surface area contributed by atoms with Crippen molar-refractivity contribution in [2.24, 2.45) is 0 Å². The van der Waals surface area contributed by atoms with Crippen LogP contribution in [0.1, 0.15) is 1.43 Å². The zero-order chi connectivity index (χ0) is 0. The molecule has 0 spiro atoms. The van der Waals surface area contributed by atoms with Crippen LogP contribution in [0.4, 0.5) is 0 Å². The predicted molar refractivity (Wildman–Crippen MR) is 37.4 cm³/mol. The summed E-state index contributed by atoms with van der Waals surface area (Å²) in [5.74, 6) is 0. The minimum atomic E-state index is 0. The van der Waals surface area contributed by atoms with Crippen molar-refractivity contribution in [3.63, 3.8) is 0 Å². The predicted octanol–water partition coefficient (Wildman–Crippen LogP) is -0.775. The van der Waals surface area contributed by atoms with Gasteiger partial charge in [-0.15, -0.1) is 62.0 Å². The zero-order valence-corrected chi connectivity index (χ0v) is 9.12. The number of rotatable bonds is 0. The summed E-state index contributed by atoms with van der Waals surface area (Å²) in [5, 5.41) is 0. The number of hydrogen-bond donors (Lipinski definition) is 0. The summed E-state index contributed by atoms with van der Waals surface area (Å²) in [5.41, 5.74) is 0. The Labute approximate surface area is 92.0 Å². The molecule has 0 rings (SSSR count). The topological polar surface area (TPSA) is 0 Å². The molecule has 0 saturated carbocycles. The summed E-state index contributed by atoms with van der Waals surface area (Å²) in [4.78, 5) is 0. The fourth-order valence-electron chi connectivity index (χ4n) is 0. The molecule has 6 heavy (non-hydrogen) atoms. The Kier molecular flexibility index (Phi) is 672. The van der Waals surface area contributed by atoms with Gasteiger partial charge in [0, 0.05) is 0 Å². The Hall–Kier alpha value is 2.45. The molecule has 42 valence electrons. The molecule has 0 N–H and O–H groups in total. The number of halogens is 5. The van der Waals surface area contributed by atoms with Crippen LogP contribution < -0.4 is 29.6 Å². The fourth-order valence-corrected chi connectivity index (χ4v) is 0. The monoisotopic (exact) mass is 204 g/mol. The molecule has 0 aliphatic rings. The van der Waals surface area contributed by atoms with Crippen LogP contribution in [0.15, 0.2) is 0 Å². The minimum absolute atomic E-state index is 0. The van der Waals surface area contributed by atoms with E-state index in [1.54, 1.807) is 0 Å². The van der Waals surface area contributed by atoms with Gasteiger partial charge in [-0.2, -0.15) is 0 Å². The Morgan fingerprint density at radius 1 is 0.500 bits per heavy atom. The van der Waals surface area contributed by atoms with E-state index in [1.165, 1.54) is 0 Å². The first-order valence-corrected chi connectivity index (χ1v) is 0. The molecule has 0 aliphatic heterocycles. The van der Waals surface area contributed by atoms with Crippen LogP contribution >= 0.6 is 62.0 Å². The second kappa shape index (κ2) is 51.6. The summed E-state index contributed by atoms with van der Waals surface area (Å²) in [6, 6.07) is 0. The van der Waals surface area contributed by atoms with E-state index in [-0.39, 0.29) is 93.0 Å². The zero-order valence-electron chi connectivity index (χ0n) is 4.04. The van der Waals surface area contributed by atoms with Gasteiger partial charge >= 0.3 is 29.6 Å². The normalized spacial score (nSPS) is 0. The quantitative estimate of drug-likeness (QED) is 0.456. The summed E-state index contributed by atoms with van der Waals surface area (Å²) in [6.45, 7) is 0. The van der Waals surface area contributed by atoms with Gasteiger partial charge in [-0.1, -0.05) is 0 Å². The molecule has 0 aromatic rings. The molecule has 0 aliphatic carbocycles. The number of hydrogen-bond acceptors (Lipinski definition) is 0. The van der Waals surface area contributed by atoms with Crippen molar-refractivity contribution in [3.8, 4) is 0 Å². The Morgan fingerprint density at radius 2 is 0.500 bits per heavy atom. The van der Waals surface area contributed by atoms with E-state index in [4.69, 9.17) is 0 Å². The molecule has 0 bridgehead atoms. The molecule has 0 aromatic heterocycles. The molecule has 0 radical (unpaired) electrons. The minimum Gasteiger partial charge on any atom is -1.00 e. The third-order valence-electron chi connectivity index (χ3n) is 0. The van der Waals surface area contributed by atoms with E-state index in [1.807, 2.05) is 0 Å². The van der Waals surface area contributed by atoms with E-state index in [2.05, 4.69) is 0 Å². The van der Waals surface area contributed by atoms with Crippen LogP contribution in [0, 0.1) is 0 Å². The van der Waals surface area contributed by atoms with Crippen LogP contribution in [0.25, 0.3) is 0 Å². The van der Waals surface area contributed by atoms with Gasteiger partial charge in [0.1, 0.15) is 0 Å². The Balaban J connectivity index is 0. The van der Waals surface area contributed by atoms with E-state index < -0.39 is 0 Å². The molecule has 0 heterocycles. The maximum atomic E-state index is 0. The average molecular weight is 206 g/mol. The molecule has 0 nitrogen and oxygen atoms in total. The molecular formula is H6Cl5Na. The molecular weight excluding hydrogens is 200 g/mol. The van der Waals surface area contributed by atoms with Crippen molar-refractivity contribution in [3.05, 3.63) is 0 Å². The molecule has 0 saturated heterocycles. The maximum Gasteiger partial charge on any atom is 1.00 e. The average Bonchev–Trinajstić information content (AvgIpc) is 0. The van der Waals surface area contributed by atoms with E-state index in [0.29, 0.717) is 0 Å². The SMILES string of the molecule is Cl.Cl.Cl.Cl.Cl.[H-].[Na+]. The first-order chi connectivity index (χ1) is 0. The molecule has 0 fully saturated rings. The van der Waals surface area contributed by atoms with Crippen LogP contribution in [0.5, 0.6) is 0 Å². The smallest absolute Gasteiger partial charge is 1.00 e. The first-order valence-electron chi connectivity index (χ1n) is 0. The van der Waals surface area contributed by atoms with Crippen LogP contribution in [0.3, 0.4) is 0 Å².